The summed E-state index contributed by atoms with van der Waals surface area (Å²) in [4.78, 5) is 11.3. The first-order valence-corrected chi connectivity index (χ1v) is 5.45. The second-order valence-electron chi connectivity index (χ2n) is 4.22. The van der Waals surface area contributed by atoms with E-state index in [1.807, 2.05) is 0 Å². The molecule has 1 saturated carbocycles. The molecular weight excluding hydrogens is 192 g/mol. The SMILES string of the molecule is C#CC1(OC(=O)OC(C)C)CCCCC1. The summed E-state index contributed by atoms with van der Waals surface area (Å²) in [5.41, 5.74) is -0.718. The first-order chi connectivity index (χ1) is 7.08. The summed E-state index contributed by atoms with van der Waals surface area (Å²) in [5.74, 6) is 2.60. The van der Waals surface area contributed by atoms with Crippen molar-refractivity contribution >= 4 is 6.16 Å². The number of rotatable bonds is 2. The molecule has 0 aromatic rings. The van der Waals surface area contributed by atoms with Gasteiger partial charge in [0.15, 0.2) is 5.60 Å². The molecule has 1 fully saturated rings. The van der Waals surface area contributed by atoms with Crippen LogP contribution < -0.4 is 0 Å². The van der Waals surface area contributed by atoms with Gasteiger partial charge in [-0.25, -0.2) is 4.79 Å². The Kier molecular flexibility index (Phi) is 4.02. The Morgan fingerprint density at radius 3 is 2.40 bits per heavy atom. The second-order valence-corrected chi connectivity index (χ2v) is 4.22. The zero-order chi connectivity index (χ0) is 11.3. The van der Waals surface area contributed by atoms with E-state index < -0.39 is 11.8 Å². The molecule has 0 N–H and O–H groups in total. The third-order valence-electron chi connectivity index (χ3n) is 2.53. The lowest BCUT2D eigenvalue weighted by Gasteiger charge is -2.31. The molecule has 0 heterocycles. The molecule has 3 nitrogen and oxygen atoms in total. The fourth-order valence-electron chi connectivity index (χ4n) is 1.77. The summed E-state index contributed by atoms with van der Waals surface area (Å²) in [7, 11) is 0. The van der Waals surface area contributed by atoms with Crippen LogP contribution in [0.5, 0.6) is 0 Å². The van der Waals surface area contributed by atoms with Crippen LogP contribution in [-0.4, -0.2) is 17.9 Å². The summed E-state index contributed by atoms with van der Waals surface area (Å²) in [6.07, 6.45) is 9.29. The van der Waals surface area contributed by atoms with Crippen molar-refractivity contribution in [2.75, 3.05) is 0 Å². The molecule has 0 saturated heterocycles. The average Bonchev–Trinajstić information content (AvgIpc) is 2.17. The predicted octanol–water partition coefficient (Wildman–Crippen LogP) is 2.88. The molecule has 0 radical (unpaired) electrons. The maximum atomic E-state index is 11.3. The van der Waals surface area contributed by atoms with E-state index in [0.717, 1.165) is 32.1 Å². The van der Waals surface area contributed by atoms with Crippen LogP contribution in [0.1, 0.15) is 46.0 Å². The first-order valence-electron chi connectivity index (χ1n) is 5.45. The molecule has 1 rings (SSSR count). The average molecular weight is 210 g/mol. The first kappa shape index (κ1) is 11.9. The van der Waals surface area contributed by atoms with Gasteiger partial charge >= 0.3 is 6.16 Å². The number of carbonyl (C=O) groups is 1. The van der Waals surface area contributed by atoms with Crippen LogP contribution in [0.2, 0.25) is 0 Å². The number of carbonyl (C=O) groups excluding carboxylic acids is 1. The lowest BCUT2D eigenvalue weighted by Crippen LogP contribution is -2.36. The van der Waals surface area contributed by atoms with Gasteiger partial charge < -0.3 is 9.47 Å². The Hall–Kier alpha value is -1.17. The quantitative estimate of drug-likeness (QED) is 0.519. The van der Waals surface area contributed by atoms with E-state index in [0.29, 0.717) is 0 Å². The second kappa shape index (κ2) is 5.06. The van der Waals surface area contributed by atoms with E-state index in [2.05, 4.69) is 5.92 Å². The summed E-state index contributed by atoms with van der Waals surface area (Å²) in [6.45, 7) is 3.56. The molecule has 0 unspecified atom stereocenters. The molecule has 1 aliphatic rings. The van der Waals surface area contributed by atoms with Gasteiger partial charge in [0.05, 0.1) is 6.10 Å². The number of ether oxygens (including phenoxy) is 2. The summed E-state index contributed by atoms with van der Waals surface area (Å²) in [5, 5.41) is 0. The van der Waals surface area contributed by atoms with E-state index in [4.69, 9.17) is 15.9 Å². The summed E-state index contributed by atoms with van der Waals surface area (Å²) in [6, 6.07) is 0. The van der Waals surface area contributed by atoms with Crippen molar-refractivity contribution in [3.05, 3.63) is 0 Å². The Balaban J connectivity index is 2.52. The highest BCUT2D eigenvalue weighted by atomic mass is 16.7. The van der Waals surface area contributed by atoms with E-state index in [-0.39, 0.29) is 6.10 Å². The predicted molar refractivity (Wildman–Crippen MR) is 57.4 cm³/mol. The minimum Gasteiger partial charge on any atom is -0.432 e. The van der Waals surface area contributed by atoms with Gasteiger partial charge in [-0.1, -0.05) is 12.3 Å². The molecule has 1 aliphatic carbocycles. The molecule has 0 aromatic heterocycles. The molecule has 15 heavy (non-hydrogen) atoms. The van der Waals surface area contributed by atoms with Crippen molar-refractivity contribution in [3.63, 3.8) is 0 Å². The minimum absolute atomic E-state index is 0.170. The van der Waals surface area contributed by atoms with E-state index in [1.54, 1.807) is 13.8 Å². The van der Waals surface area contributed by atoms with Gasteiger partial charge in [-0.05, 0) is 39.5 Å². The fourth-order valence-corrected chi connectivity index (χ4v) is 1.77. The normalized spacial score (nSPS) is 19.3. The van der Waals surface area contributed by atoms with Gasteiger partial charge in [-0.3, -0.25) is 0 Å². The molecule has 0 aliphatic heterocycles. The van der Waals surface area contributed by atoms with Gasteiger partial charge in [-0.2, -0.15) is 0 Å². The van der Waals surface area contributed by atoms with Gasteiger partial charge in [0.1, 0.15) is 0 Å². The van der Waals surface area contributed by atoms with Crippen molar-refractivity contribution < 1.29 is 14.3 Å². The maximum Gasteiger partial charge on any atom is 0.510 e. The number of terminal acetylenes is 1. The van der Waals surface area contributed by atoms with E-state index in [1.165, 1.54) is 0 Å². The van der Waals surface area contributed by atoms with Gasteiger partial charge in [-0.15, -0.1) is 6.42 Å². The maximum absolute atomic E-state index is 11.3. The molecular formula is C12H18O3. The Morgan fingerprint density at radius 1 is 1.33 bits per heavy atom. The summed E-state index contributed by atoms with van der Waals surface area (Å²) >= 11 is 0. The minimum atomic E-state index is -0.718. The van der Waals surface area contributed by atoms with Crippen molar-refractivity contribution in [2.24, 2.45) is 0 Å². The van der Waals surface area contributed by atoms with Crippen LogP contribution in [-0.2, 0) is 9.47 Å². The fraction of sp³-hybridized carbons (Fsp3) is 0.750. The van der Waals surface area contributed by atoms with E-state index >= 15 is 0 Å². The number of hydrogen-bond donors (Lipinski definition) is 0. The Morgan fingerprint density at radius 2 is 1.93 bits per heavy atom. The standard InChI is InChI=1S/C12H18O3/c1-4-12(8-6-5-7-9-12)15-11(13)14-10(2)3/h1,10H,5-9H2,2-3H3. The van der Waals surface area contributed by atoms with Crippen molar-refractivity contribution in [1.29, 1.82) is 0 Å². The molecule has 0 spiro atoms. The van der Waals surface area contributed by atoms with Crippen molar-refractivity contribution in [3.8, 4) is 12.3 Å². The molecule has 0 atom stereocenters. The highest BCUT2D eigenvalue weighted by Crippen LogP contribution is 2.31. The van der Waals surface area contributed by atoms with Gasteiger partial charge in [0.2, 0.25) is 0 Å². The van der Waals surface area contributed by atoms with Gasteiger partial charge in [0.25, 0.3) is 0 Å². The van der Waals surface area contributed by atoms with Crippen LogP contribution in [0.4, 0.5) is 4.79 Å². The van der Waals surface area contributed by atoms with Gasteiger partial charge in [0, 0.05) is 0 Å². The molecule has 0 amide bonds. The molecule has 3 heteroatoms. The molecule has 0 bridgehead atoms. The Bertz CT molecular complexity index is 257. The molecule has 84 valence electrons. The zero-order valence-electron chi connectivity index (χ0n) is 9.41. The highest BCUT2D eigenvalue weighted by molar-refractivity contribution is 5.61. The largest absolute Gasteiger partial charge is 0.510 e. The lowest BCUT2D eigenvalue weighted by molar-refractivity contribution is -0.0329. The van der Waals surface area contributed by atoms with Crippen molar-refractivity contribution in [1.82, 2.24) is 0 Å². The van der Waals surface area contributed by atoms with Crippen LogP contribution in [0, 0.1) is 12.3 Å². The van der Waals surface area contributed by atoms with Crippen LogP contribution >= 0.6 is 0 Å². The lowest BCUT2D eigenvalue weighted by atomic mass is 9.85. The highest BCUT2D eigenvalue weighted by Gasteiger charge is 2.34. The topological polar surface area (TPSA) is 35.5 Å². The summed E-state index contributed by atoms with van der Waals surface area (Å²) < 4.78 is 10.2. The number of hydrogen-bond acceptors (Lipinski definition) is 3. The monoisotopic (exact) mass is 210 g/mol. The van der Waals surface area contributed by atoms with E-state index in [9.17, 15) is 4.79 Å². The molecule has 0 aromatic carbocycles. The third kappa shape index (κ3) is 3.47. The zero-order valence-corrected chi connectivity index (χ0v) is 9.41. The van der Waals surface area contributed by atoms with Crippen LogP contribution in [0.15, 0.2) is 0 Å². The van der Waals surface area contributed by atoms with Crippen LogP contribution in [0.25, 0.3) is 0 Å². The van der Waals surface area contributed by atoms with Crippen molar-refractivity contribution in [2.45, 2.75) is 57.7 Å². The Labute approximate surface area is 91.1 Å². The smallest absolute Gasteiger partial charge is 0.432 e. The third-order valence-corrected chi connectivity index (χ3v) is 2.53. The van der Waals surface area contributed by atoms with Crippen LogP contribution in [0.3, 0.4) is 0 Å².